The van der Waals surface area contributed by atoms with E-state index >= 15 is 0 Å². The van der Waals surface area contributed by atoms with Gasteiger partial charge >= 0.3 is 0 Å². The van der Waals surface area contributed by atoms with Crippen molar-refractivity contribution in [3.05, 3.63) is 30.0 Å². The first-order valence-electron chi connectivity index (χ1n) is 7.00. The van der Waals surface area contributed by atoms with Gasteiger partial charge in [-0.1, -0.05) is 0 Å². The molecule has 0 radical (unpaired) electrons. The Morgan fingerprint density at radius 1 is 1.36 bits per heavy atom. The quantitative estimate of drug-likeness (QED) is 0.818. The van der Waals surface area contributed by atoms with E-state index in [1.54, 1.807) is 11.0 Å². The van der Waals surface area contributed by atoms with E-state index in [1.165, 1.54) is 12.2 Å². The Hall–Kier alpha value is -2.64. The molecule has 0 N–H and O–H groups in total. The van der Waals surface area contributed by atoms with Gasteiger partial charge in [-0.2, -0.15) is 10.2 Å². The van der Waals surface area contributed by atoms with Crippen molar-refractivity contribution >= 4 is 11.8 Å². The van der Waals surface area contributed by atoms with E-state index in [1.807, 2.05) is 13.0 Å². The molecule has 3 heterocycles. The van der Waals surface area contributed by atoms with E-state index < -0.39 is 11.9 Å². The Bertz CT molecular complexity index is 624. The summed E-state index contributed by atoms with van der Waals surface area (Å²) in [4.78, 5) is 24.9. The fraction of sp³-hybridized carbons (Fsp3) is 0.429. The van der Waals surface area contributed by atoms with E-state index in [9.17, 15) is 9.59 Å². The van der Waals surface area contributed by atoms with Crippen molar-refractivity contribution in [2.45, 2.75) is 25.5 Å². The van der Waals surface area contributed by atoms with E-state index in [4.69, 9.17) is 4.74 Å². The monoisotopic (exact) mass is 301 g/mol. The van der Waals surface area contributed by atoms with Crippen molar-refractivity contribution in [3.8, 4) is 5.88 Å². The lowest BCUT2D eigenvalue weighted by Crippen LogP contribution is -2.37. The number of aryl methyl sites for hydroxylation is 1. The number of hydrogen-bond acceptors (Lipinski definition) is 6. The fourth-order valence-corrected chi connectivity index (χ4v) is 2.33. The van der Waals surface area contributed by atoms with Crippen molar-refractivity contribution in [1.29, 1.82) is 0 Å². The molecular weight excluding hydrogens is 286 g/mol. The maximum Gasteiger partial charge on any atom is 0.287 e. The van der Waals surface area contributed by atoms with Crippen LogP contribution in [0.3, 0.4) is 0 Å². The van der Waals surface area contributed by atoms with Crippen molar-refractivity contribution in [1.82, 2.24) is 15.1 Å². The summed E-state index contributed by atoms with van der Waals surface area (Å²) in [6.45, 7) is 2.89. The summed E-state index contributed by atoms with van der Waals surface area (Å²) in [5.74, 6) is -0.161. The van der Waals surface area contributed by atoms with Crippen LogP contribution in [0.2, 0.25) is 0 Å². The second kappa shape index (κ2) is 6.00. The molecule has 2 aliphatic heterocycles. The standard InChI is InChI=1S/C14H15N5O3/c1-9-2-5-13(18-15-9)22-10-6-7-19(8-10)14(21)11-3-4-12(20)17-16-11/h2-5,10-11H,6-8H2,1H3. The van der Waals surface area contributed by atoms with Gasteiger partial charge in [0, 0.05) is 25.1 Å². The first-order valence-corrected chi connectivity index (χ1v) is 7.00. The highest BCUT2D eigenvalue weighted by atomic mass is 16.5. The van der Waals surface area contributed by atoms with Gasteiger partial charge in [-0.25, -0.2) is 0 Å². The zero-order valence-electron chi connectivity index (χ0n) is 12.0. The van der Waals surface area contributed by atoms with Gasteiger partial charge in [-0.3, -0.25) is 9.59 Å². The molecule has 0 aliphatic carbocycles. The van der Waals surface area contributed by atoms with Crippen LogP contribution in [0, 0.1) is 6.92 Å². The third kappa shape index (κ3) is 3.16. The summed E-state index contributed by atoms with van der Waals surface area (Å²) in [6, 6.07) is 2.87. The summed E-state index contributed by atoms with van der Waals surface area (Å²) < 4.78 is 5.72. The number of ether oxygens (including phenoxy) is 1. The summed E-state index contributed by atoms with van der Waals surface area (Å²) in [7, 11) is 0. The van der Waals surface area contributed by atoms with Crippen LogP contribution >= 0.6 is 0 Å². The summed E-state index contributed by atoms with van der Waals surface area (Å²) in [5, 5.41) is 15.0. The van der Waals surface area contributed by atoms with Crippen LogP contribution in [-0.2, 0) is 9.59 Å². The van der Waals surface area contributed by atoms with Gasteiger partial charge < -0.3 is 9.64 Å². The molecule has 1 saturated heterocycles. The minimum Gasteiger partial charge on any atom is -0.471 e. The topological polar surface area (TPSA) is 97.1 Å². The number of nitrogens with zero attached hydrogens (tertiary/aromatic N) is 5. The lowest BCUT2D eigenvalue weighted by molar-refractivity contribution is -0.130. The molecular formula is C14H15N5O3. The largest absolute Gasteiger partial charge is 0.471 e. The SMILES string of the molecule is Cc1ccc(OC2CCN(C(=O)C3C=CC(=O)N=N3)C2)nn1. The molecule has 0 spiro atoms. The number of amides is 2. The molecule has 2 atom stereocenters. The Morgan fingerprint density at radius 2 is 2.23 bits per heavy atom. The molecule has 2 amide bonds. The molecule has 114 valence electrons. The highest BCUT2D eigenvalue weighted by molar-refractivity contribution is 5.92. The van der Waals surface area contributed by atoms with Crippen LogP contribution in [0.5, 0.6) is 5.88 Å². The maximum absolute atomic E-state index is 12.3. The Kier molecular flexibility index (Phi) is 3.90. The zero-order valence-corrected chi connectivity index (χ0v) is 12.0. The highest BCUT2D eigenvalue weighted by Crippen LogP contribution is 2.18. The third-order valence-electron chi connectivity index (χ3n) is 3.47. The Morgan fingerprint density at radius 3 is 2.91 bits per heavy atom. The summed E-state index contributed by atoms with van der Waals surface area (Å²) in [6.07, 6.45) is 3.33. The average molecular weight is 301 g/mol. The van der Waals surface area contributed by atoms with Crippen LogP contribution in [0.4, 0.5) is 0 Å². The van der Waals surface area contributed by atoms with Crippen molar-refractivity contribution < 1.29 is 14.3 Å². The van der Waals surface area contributed by atoms with Crippen molar-refractivity contribution in [3.63, 3.8) is 0 Å². The number of hydrogen-bond donors (Lipinski definition) is 0. The van der Waals surface area contributed by atoms with Crippen LogP contribution in [-0.4, -0.2) is 52.1 Å². The van der Waals surface area contributed by atoms with Gasteiger partial charge in [0.1, 0.15) is 6.10 Å². The van der Waals surface area contributed by atoms with Gasteiger partial charge in [0.05, 0.1) is 12.2 Å². The molecule has 1 aromatic heterocycles. The highest BCUT2D eigenvalue weighted by Gasteiger charge is 2.32. The first-order chi connectivity index (χ1) is 10.6. The average Bonchev–Trinajstić information content (AvgIpc) is 2.98. The molecule has 8 nitrogen and oxygen atoms in total. The fourth-order valence-electron chi connectivity index (χ4n) is 2.33. The molecule has 22 heavy (non-hydrogen) atoms. The van der Waals surface area contributed by atoms with Gasteiger partial charge in [0.2, 0.25) is 5.88 Å². The molecule has 2 aliphatic rings. The Balaban J connectivity index is 1.57. The number of carbonyl (C=O) groups excluding carboxylic acids is 2. The first kappa shape index (κ1) is 14.3. The van der Waals surface area contributed by atoms with Gasteiger partial charge in [-0.15, -0.1) is 10.2 Å². The molecule has 1 fully saturated rings. The summed E-state index contributed by atoms with van der Waals surface area (Å²) >= 11 is 0. The van der Waals surface area contributed by atoms with Crippen molar-refractivity contribution in [2.24, 2.45) is 10.2 Å². The number of rotatable bonds is 3. The molecule has 0 aromatic carbocycles. The number of azo groups is 1. The van der Waals surface area contributed by atoms with Gasteiger partial charge in [0.15, 0.2) is 6.04 Å². The second-order valence-corrected chi connectivity index (χ2v) is 5.18. The molecule has 0 saturated carbocycles. The van der Waals surface area contributed by atoms with E-state index in [2.05, 4.69) is 20.4 Å². The van der Waals surface area contributed by atoms with E-state index in [0.29, 0.717) is 25.4 Å². The van der Waals surface area contributed by atoms with Crippen LogP contribution in [0.15, 0.2) is 34.5 Å². The Labute approximate surface area is 126 Å². The van der Waals surface area contributed by atoms with Crippen LogP contribution in [0.1, 0.15) is 12.1 Å². The molecule has 0 bridgehead atoms. The maximum atomic E-state index is 12.3. The third-order valence-corrected chi connectivity index (χ3v) is 3.47. The zero-order chi connectivity index (χ0) is 15.5. The van der Waals surface area contributed by atoms with Crippen LogP contribution < -0.4 is 4.74 Å². The number of likely N-dealkylation sites (tertiary alicyclic amines) is 1. The minimum atomic E-state index is -0.712. The molecule has 2 unspecified atom stereocenters. The molecule has 3 rings (SSSR count). The van der Waals surface area contributed by atoms with Gasteiger partial charge in [0.25, 0.3) is 11.8 Å². The second-order valence-electron chi connectivity index (χ2n) is 5.18. The molecule has 8 heteroatoms. The lowest BCUT2D eigenvalue weighted by atomic mass is 10.2. The predicted octanol–water partition coefficient (Wildman–Crippen LogP) is 0.682. The normalized spacial score (nSPS) is 23.9. The molecule has 1 aromatic rings. The number of carbonyl (C=O) groups is 2. The predicted molar refractivity (Wildman–Crippen MR) is 75.2 cm³/mol. The lowest BCUT2D eigenvalue weighted by Gasteiger charge is -2.19. The van der Waals surface area contributed by atoms with E-state index in [0.717, 1.165) is 5.69 Å². The smallest absolute Gasteiger partial charge is 0.287 e. The van der Waals surface area contributed by atoms with Crippen molar-refractivity contribution in [2.75, 3.05) is 13.1 Å². The summed E-state index contributed by atoms with van der Waals surface area (Å²) in [5.41, 5.74) is 0.819. The van der Waals surface area contributed by atoms with Gasteiger partial charge in [-0.05, 0) is 19.1 Å². The van der Waals surface area contributed by atoms with Crippen LogP contribution in [0.25, 0.3) is 0 Å². The number of aromatic nitrogens is 2. The minimum absolute atomic E-state index is 0.118. The van der Waals surface area contributed by atoms with E-state index in [-0.39, 0.29) is 12.0 Å².